The molecule has 2 aliphatic heterocycles. The molecule has 1 fully saturated rings. The number of carbonyl (C=O) groups excluding carboxylic acids is 1. The van der Waals surface area contributed by atoms with Gasteiger partial charge in [-0.15, -0.1) is 0 Å². The molecule has 0 spiro atoms. The van der Waals surface area contributed by atoms with E-state index in [1.807, 2.05) is 0 Å². The number of alkyl halides is 3. The number of carbonyl (C=O) groups is 1. The molecule has 3 aromatic rings. The van der Waals surface area contributed by atoms with E-state index in [1.54, 1.807) is 9.80 Å². The average Bonchev–Trinajstić information content (AvgIpc) is 3.55. The van der Waals surface area contributed by atoms with Crippen LogP contribution in [0.5, 0.6) is 11.8 Å². The highest BCUT2D eigenvalue weighted by Gasteiger charge is 2.39. The summed E-state index contributed by atoms with van der Waals surface area (Å²) in [5, 5.41) is 0. The highest BCUT2D eigenvalue weighted by molar-refractivity contribution is 5.92. The molecule has 0 aliphatic carbocycles. The SMILES string of the molecule is COc1ccc(N2CCc3ncnc(O[C@H]4CCN(C(=O)c5cnc[nH]5)C4)c3C2)c(C(F)(F)F)n1. The fraction of sp³-hybridized carbons (Fsp3) is 0.409. The highest BCUT2D eigenvalue weighted by atomic mass is 19.4. The van der Waals surface area contributed by atoms with Crippen molar-refractivity contribution in [2.24, 2.45) is 0 Å². The Morgan fingerprint density at radius 3 is 2.83 bits per heavy atom. The minimum Gasteiger partial charge on any atom is -0.481 e. The number of halogens is 3. The molecule has 1 N–H and O–H groups in total. The number of likely N-dealkylation sites (tertiary alicyclic amines) is 1. The van der Waals surface area contributed by atoms with Crippen molar-refractivity contribution in [3.63, 3.8) is 0 Å². The number of amides is 1. The van der Waals surface area contributed by atoms with E-state index in [2.05, 4.69) is 24.9 Å². The van der Waals surface area contributed by atoms with Gasteiger partial charge in [-0.2, -0.15) is 13.2 Å². The lowest BCUT2D eigenvalue weighted by Gasteiger charge is -2.32. The first-order chi connectivity index (χ1) is 16.8. The minimum absolute atomic E-state index is 0.0454. The number of methoxy groups -OCH3 is 1. The standard InChI is InChI=1S/C22H22F3N7O3/c1-34-18-3-2-17(19(30-18)22(23,24)25)31-7-5-15-14(10-31)20(29-12-28-15)35-13-4-6-32(9-13)21(33)16-8-26-11-27-16/h2-3,8,11-13H,4-7,9-10H2,1H3,(H,26,27)/t13-/m0/s1. The molecule has 1 atom stereocenters. The van der Waals surface area contributed by atoms with E-state index in [9.17, 15) is 18.0 Å². The van der Waals surface area contributed by atoms with Gasteiger partial charge in [-0.1, -0.05) is 0 Å². The van der Waals surface area contributed by atoms with E-state index in [0.717, 1.165) is 5.69 Å². The molecule has 5 rings (SSSR count). The van der Waals surface area contributed by atoms with Gasteiger partial charge in [-0.05, 0) is 6.07 Å². The summed E-state index contributed by atoms with van der Waals surface area (Å²) in [5.41, 5.74) is 0.694. The van der Waals surface area contributed by atoms with Crippen molar-refractivity contribution in [2.45, 2.75) is 31.7 Å². The summed E-state index contributed by atoms with van der Waals surface area (Å²) in [6.07, 6.45) is 0.376. The lowest BCUT2D eigenvalue weighted by atomic mass is 10.1. The Morgan fingerprint density at radius 2 is 2.09 bits per heavy atom. The number of rotatable bonds is 5. The summed E-state index contributed by atoms with van der Waals surface area (Å²) in [7, 11) is 1.27. The smallest absolute Gasteiger partial charge is 0.435 e. The Bertz CT molecular complexity index is 1220. The molecule has 1 saturated heterocycles. The molecule has 0 saturated carbocycles. The second-order valence-electron chi connectivity index (χ2n) is 8.24. The Kier molecular flexibility index (Phi) is 5.91. The van der Waals surface area contributed by atoms with Crippen LogP contribution in [0, 0.1) is 0 Å². The molecular formula is C22H22F3N7O3. The van der Waals surface area contributed by atoms with Gasteiger partial charge in [0.15, 0.2) is 5.69 Å². The number of fused-ring (bicyclic) bond motifs is 1. The van der Waals surface area contributed by atoms with Crippen LogP contribution in [0.4, 0.5) is 18.9 Å². The van der Waals surface area contributed by atoms with Gasteiger partial charge in [-0.3, -0.25) is 4.79 Å². The number of nitrogens with one attached hydrogen (secondary N) is 1. The highest BCUT2D eigenvalue weighted by Crippen LogP contribution is 2.39. The summed E-state index contributed by atoms with van der Waals surface area (Å²) in [4.78, 5) is 34.7. The van der Waals surface area contributed by atoms with Crippen molar-refractivity contribution in [2.75, 3.05) is 31.6 Å². The fourth-order valence-corrected chi connectivity index (χ4v) is 4.34. The zero-order valence-electron chi connectivity index (χ0n) is 18.7. The van der Waals surface area contributed by atoms with Gasteiger partial charge in [0.2, 0.25) is 11.8 Å². The maximum absolute atomic E-state index is 13.7. The monoisotopic (exact) mass is 489 g/mol. The van der Waals surface area contributed by atoms with E-state index < -0.39 is 11.9 Å². The number of hydrogen-bond acceptors (Lipinski definition) is 8. The third-order valence-corrected chi connectivity index (χ3v) is 6.07. The summed E-state index contributed by atoms with van der Waals surface area (Å²) in [6, 6.07) is 2.77. The second kappa shape index (κ2) is 9.04. The molecule has 0 unspecified atom stereocenters. The summed E-state index contributed by atoms with van der Waals surface area (Å²) in [5.74, 6) is 0.0352. The Morgan fingerprint density at radius 1 is 1.23 bits per heavy atom. The molecular weight excluding hydrogens is 467 g/mol. The van der Waals surface area contributed by atoms with Gasteiger partial charge < -0.3 is 24.3 Å². The first-order valence-corrected chi connectivity index (χ1v) is 11.0. The Labute approximate surface area is 198 Å². The molecule has 0 bridgehead atoms. The van der Waals surface area contributed by atoms with E-state index in [4.69, 9.17) is 9.47 Å². The normalized spacial score (nSPS) is 17.9. The summed E-state index contributed by atoms with van der Waals surface area (Å²) < 4.78 is 52.2. The summed E-state index contributed by atoms with van der Waals surface area (Å²) in [6.45, 7) is 1.33. The van der Waals surface area contributed by atoms with Crippen LogP contribution in [0.15, 0.2) is 31.0 Å². The van der Waals surface area contributed by atoms with Gasteiger partial charge >= 0.3 is 6.18 Å². The first-order valence-electron chi connectivity index (χ1n) is 11.0. The number of hydrogen-bond donors (Lipinski definition) is 1. The molecule has 0 radical (unpaired) electrons. The average molecular weight is 489 g/mol. The van der Waals surface area contributed by atoms with Crippen LogP contribution in [0.1, 0.15) is 33.9 Å². The van der Waals surface area contributed by atoms with Gasteiger partial charge in [0.05, 0.1) is 49.7 Å². The third-order valence-electron chi connectivity index (χ3n) is 6.07. The largest absolute Gasteiger partial charge is 0.481 e. The Balaban J connectivity index is 1.35. The molecule has 3 aromatic heterocycles. The fourth-order valence-electron chi connectivity index (χ4n) is 4.34. The molecule has 5 heterocycles. The van der Waals surface area contributed by atoms with E-state index >= 15 is 0 Å². The number of aromatic amines is 1. The molecule has 35 heavy (non-hydrogen) atoms. The first kappa shape index (κ1) is 22.9. The second-order valence-corrected chi connectivity index (χ2v) is 8.24. The van der Waals surface area contributed by atoms with Crippen molar-refractivity contribution in [1.82, 2.24) is 29.8 Å². The number of ether oxygens (including phenoxy) is 2. The van der Waals surface area contributed by atoms with Gasteiger partial charge in [0.1, 0.15) is 18.1 Å². The summed E-state index contributed by atoms with van der Waals surface area (Å²) >= 11 is 0. The zero-order valence-corrected chi connectivity index (χ0v) is 18.7. The van der Waals surface area contributed by atoms with Gasteiger partial charge in [0, 0.05) is 32.0 Å². The van der Waals surface area contributed by atoms with Crippen LogP contribution in [0.25, 0.3) is 0 Å². The lowest BCUT2D eigenvalue weighted by molar-refractivity contribution is -0.140. The van der Waals surface area contributed by atoms with Crippen molar-refractivity contribution >= 4 is 11.6 Å². The van der Waals surface area contributed by atoms with Crippen LogP contribution in [0.2, 0.25) is 0 Å². The zero-order chi connectivity index (χ0) is 24.6. The van der Waals surface area contributed by atoms with Crippen molar-refractivity contribution in [3.05, 3.63) is 53.6 Å². The number of H-pyrrole nitrogens is 1. The number of nitrogens with zero attached hydrogens (tertiary/aromatic N) is 6. The van der Waals surface area contributed by atoms with Crippen LogP contribution in [-0.2, 0) is 19.1 Å². The van der Waals surface area contributed by atoms with Crippen molar-refractivity contribution in [3.8, 4) is 11.8 Å². The van der Waals surface area contributed by atoms with Gasteiger partial charge in [0.25, 0.3) is 5.91 Å². The predicted octanol–water partition coefficient (Wildman–Crippen LogP) is 2.48. The molecule has 184 valence electrons. The maximum Gasteiger partial charge on any atom is 0.435 e. The Hall–Kier alpha value is -3.90. The number of pyridine rings is 1. The van der Waals surface area contributed by atoms with Crippen LogP contribution in [-0.4, -0.2) is 68.6 Å². The van der Waals surface area contributed by atoms with Crippen LogP contribution < -0.4 is 14.4 Å². The molecule has 2 aliphatic rings. The third kappa shape index (κ3) is 4.57. The van der Waals surface area contributed by atoms with E-state index in [0.29, 0.717) is 49.6 Å². The van der Waals surface area contributed by atoms with Crippen molar-refractivity contribution < 1.29 is 27.4 Å². The van der Waals surface area contributed by atoms with Gasteiger partial charge in [-0.25, -0.2) is 19.9 Å². The topological polar surface area (TPSA) is 109 Å². The van der Waals surface area contributed by atoms with Crippen LogP contribution in [0.3, 0.4) is 0 Å². The van der Waals surface area contributed by atoms with Crippen molar-refractivity contribution in [1.29, 1.82) is 0 Å². The maximum atomic E-state index is 13.7. The molecule has 1 amide bonds. The minimum atomic E-state index is -4.65. The number of aromatic nitrogens is 5. The molecule has 13 heteroatoms. The van der Waals surface area contributed by atoms with E-state index in [-0.39, 0.29) is 30.1 Å². The lowest BCUT2D eigenvalue weighted by Crippen LogP contribution is -2.34. The predicted molar refractivity (Wildman–Crippen MR) is 116 cm³/mol. The molecule has 10 nitrogen and oxygen atoms in total. The van der Waals surface area contributed by atoms with Crippen LogP contribution >= 0.6 is 0 Å². The van der Waals surface area contributed by atoms with E-state index in [1.165, 1.54) is 38.1 Å². The quantitative estimate of drug-likeness (QED) is 0.582. The number of imidazole rings is 1. The molecule has 0 aromatic carbocycles. The number of anilines is 1.